The number of hydrogen-bond acceptors (Lipinski definition) is 8. The highest BCUT2D eigenvalue weighted by Crippen LogP contribution is 2.19. The molecule has 0 aliphatic carbocycles. The molecule has 1 amide bonds. The predicted molar refractivity (Wildman–Crippen MR) is 135 cm³/mol. The molecule has 1 aliphatic rings. The molecule has 0 saturated carbocycles. The molecule has 35 heavy (non-hydrogen) atoms. The third-order valence-corrected chi connectivity index (χ3v) is 6.31. The van der Waals surface area contributed by atoms with Gasteiger partial charge in [0.25, 0.3) is 0 Å². The lowest BCUT2D eigenvalue weighted by atomic mass is 9.98. The second-order valence-electron chi connectivity index (χ2n) is 9.41. The summed E-state index contributed by atoms with van der Waals surface area (Å²) in [7, 11) is 0. The number of rotatable bonds is 21. The summed E-state index contributed by atoms with van der Waals surface area (Å²) in [5.41, 5.74) is 2.45. The zero-order valence-corrected chi connectivity index (χ0v) is 21.6. The molecular formula is C26H50N2O7. The van der Waals surface area contributed by atoms with Gasteiger partial charge in [-0.1, -0.05) is 70.4 Å². The lowest BCUT2D eigenvalue weighted by Crippen LogP contribution is -2.63. The van der Waals surface area contributed by atoms with Crippen molar-refractivity contribution < 1.29 is 34.8 Å². The Morgan fingerprint density at radius 3 is 2.11 bits per heavy atom. The van der Waals surface area contributed by atoms with Crippen LogP contribution in [0.2, 0.25) is 0 Å². The van der Waals surface area contributed by atoms with Crippen molar-refractivity contribution in [2.45, 2.75) is 127 Å². The van der Waals surface area contributed by atoms with E-state index in [-0.39, 0.29) is 19.1 Å². The smallest absolute Gasteiger partial charge is 0.220 e. The fraction of sp³-hybridized carbons (Fsp3) is 0.885. The summed E-state index contributed by atoms with van der Waals surface area (Å²) in [6.07, 6.45) is 15.8. The Bertz CT molecular complexity index is 550. The van der Waals surface area contributed by atoms with Gasteiger partial charge in [-0.15, -0.1) is 0 Å². The minimum absolute atomic E-state index is 0.0338. The van der Waals surface area contributed by atoms with Gasteiger partial charge in [-0.25, -0.2) is 0 Å². The first-order valence-electron chi connectivity index (χ1n) is 13.6. The zero-order chi connectivity index (χ0) is 25.7. The number of ether oxygens (including phenoxy) is 1. The third kappa shape index (κ3) is 14.9. The molecule has 0 aromatic rings. The molecule has 9 heteroatoms. The number of allylic oxidation sites excluding steroid dienone is 2. The van der Waals surface area contributed by atoms with Crippen LogP contribution in [0.5, 0.6) is 0 Å². The van der Waals surface area contributed by atoms with Crippen LogP contribution in [0.25, 0.3) is 0 Å². The lowest BCUT2D eigenvalue weighted by Gasteiger charge is -2.39. The van der Waals surface area contributed by atoms with E-state index in [4.69, 9.17) is 14.7 Å². The topological polar surface area (TPSA) is 141 Å². The monoisotopic (exact) mass is 502 g/mol. The molecule has 5 atom stereocenters. The Balaban J connectivity index is 1.91. The number of hydroxylamine groups is 1. The Hall–Kier alpha value is -1.07. The van der Waals surface area contributed by atoms with E-state index < -0.39 is 37.3 Å². The second kappa shape index (κ2) is 21.1. The SMILES string of the molecule is CCCCCCCCC=CCCCCCCCC(=O)NCCONC1C(O)OC(CO)C(O)C1O. The highest BCUT2D eigenvalue weighted by molar-refractivity contribution is 5.75. The van der Waals surface area contributed by atoms with Crippen molar-refractivity contribution in [3.63, 3.8) is 0 Å². The number of unbranched alkanes of at least 4 members (excludes halogenated alkanes) is 11. The lowest BCUT2D eigenvalue weighted by molar-refractivity contribution is -0.269. The maximum atomic E-state index is 11.9. The third-order valence-electron chi connectivity index (χ3n) is 6.31. The molecule has 0 aromatic heterocycles. The minimum atomic E-state index is -1.44. The summed E-state index contributed by atoms with van der Waals surface area (Å²) in [5.74, 6) is -0.0338. The number of amides is 1. The van der Waals surface area contributed by atoms with E-state index in [1.54, 1.807) is 0 Å². The Kier molecular flexibility index (Phi) is 19.2. The fourth-order valence-corrected chi connectivity index (χ4v) is 4.07. The van der Waals surface area contributed by atoms with Crippen molar-refractivity contribution in [1.29, 1.82) is 0 Å². The van der Waals surface area contributed by atoms with Crippen LogP contribution in [-0.2, 0) is 14.4 Å². The van der Waals surface area contributed by atoms with Gasteiger partial charge in [-0.05, 0) is 32.1 Å². The largest absolute Gasteiger partial charge is 0.394 e. The summed E-state index contributed by atoms with van der Waals surface area (Å²) in [4.78, 5) is 17.1. The molecule has 0 bridgehead atoms. The molecule has 9 nitrogen and oxygen atoms in total. The quantitative estimate of drug-likeness (QED) is 0.0799. The Morgan fingerprint density at radius 1 is 0.886 bits per heavy atom. The van der Waals surface area contributed by atoms with Crippen molar-refractivity contribution in [2.75, 3.05) is 19.8 Å². The molecule has 0 aromatic carbocycles. The van der Waals surface area contributed by atoms with Crippen LogP contribution in [0.3, 0.4) is 0 Å². The van der Waals surface area contributed by atoms with Crippen LogP contribution in [0.4, 0.5) is 0 Å². The molecule has 206 valence electrons. The molecule has 0 spiro atoms. The average Bonchev–Trinajstić information content (AvgIpc) is 2.85. The first-order valence-corrected chi connectivity index (χ1v) is 13.6. The summed E-state index contributed by atoms with van der Waals surface area (Å²) >= 11 is 0. The Labute approximate surface area is 211 Å². The average molecular weight is 503 g/mol. The molecule has 1 saturated heterocycles. The fourth-order valence-electron chi connectivity index (χ4n) is 4.07. The van der Waals surface area contributed by atoms with Crippen molar-refractivity contribution in [3.05, 3.63) is 12.2 Å². The van der Waals surface area contributed by atoms with Gasteiger partial charge in [0.1, 0.15) is 24.4 Å². The van der Waals surface area contributed by atoms with Crippen molar-refractivity contribution >= 4 is 5.91 Å². The van der Waals surface area contributed by atoms with E-state index in [1.165, 1.54) is 57.8 Å². The molecule has 1 rings (SSSR count). The van der Waals surface area contributed by atoms with Gasteiger partial charge >= 0.3 is 0 Å². The highest BCUT2D eigenvalue weighted by atomic mass is 16.7. The van der Waals surface area contributed by atoms with Crippen molar-refractivity contribution in [1.82, 2.24) is 10.8 Å². The van der Waals surface area contributed by atoms with Crippen molar-refractivity contribution in [2.24, 2.45) is 0 Å². The van der Waals surface area contributed by atoms with Gasteiger partial charge in [0.15, 0.2) is 6.29 Å². The molecular weight excluding hydrogens is 452 g/mol. The molecule has 1 heterocycles. The number of carbonyl (C=O) groups is 1. The number of nitrogens with one attached hydrogen (secondary N) is 2. The van der Waals surface area contributed by atoms with E-state index >= 15 is 0 Å². The van der Waals surface area contributed by atoms with Gasteiger partial charge < -0.3 is 30.5 Å². The van der Waals surface area contributed by atoms with Crippen LogP contribution in [0.15, 0.2) is 12.2 Å². The summed E-state index contributed by atoms with van der Waals surface area (Å²) < 4.78 is 5.03. The van der Waals surface area contributed by atoms with Gasteiger partial charge in [0, 0.05) is 13.0 Å². The van der Waals surface area contributed by atoms with E-state index in [9.17, 15) is 20.1 Å². The van der Waals surface area contributed by atoms with Crippen LogP contribution < -0.4 is 10.8 Å². The molecule has 1 aliphatic heterocycles. The first kappa shape index (κ1) is 32.0. The number of carbonyl (C=O) groups excluding carboxylic acids is 1. The Morgan fingerprint density at radius 2 is 1.49 bits per heavy atom. The highest BCUT2D eigenvalue weighted by Gasteiger charge is 2.43. The number of aliphatic hydroxyl groups is 4. The van der Waals surface area contributed by atoms with E-state index in [0.29, 0.717) is 6.42 Å². The standard InChI is InChI=1S/C26H50N2O7/c1-2-3-4-5-6-7-8-9-10-11-12-13-14-15-16-17-22(30)27-18-19-34-28-23-25(32)24(31)21(20-29)35-26(23)33/h9-10,21,23-26,28-29,31-33H,2-8,11-20H2,1H3,(H,27,30). The predicted octanol–water partition coefficient (Wildman–Crippen LogP) is 2.46. The van der Waals surface area contributed by atoms with Crippen LogP contribution in [-0.4, -0.2) is 76.7 Å². The van der Waals surface area contributed by atoms with E-state index in [2.05, 4.69) is 29.9 Å². The zero-order valence-electron chi connectivity index (χ0n) is 21.6. The summed E-state index contributed by atoms with van der Waals surface area (Å²) in [5, 5.41) is 41.5. The maximum Gasteiger partial charge on any atom is 0.220 e. The first-order chi connectivity index (χ1) is 17.0. The number of hydrogen-bond donors (Lipinski definition) is 6. The molecule has 1 fully saturated rings. The van der Waals surface area contributed by atoms with Gasteiger partial charge in [0.05, 0.1) is 13.2 Å². The van der Waals surface area contributed by atoms with Gasteiger partial charge in [-0.3, -0.25) is 9.63 Å². The molecule has 0 radical (unpaired) electrons. The van der Waals surface area contributed by atoms with Crippen LogP contribution in [0, 0.1) is 0 Å². The van der Waals surface area contributed by atoms with E-state index in [1.807, 2.05) is 0 Å². The van der Waals surface area contributed by atoms with E-state index in [0.717, 1.165) is 25.7 Å². The maximum absolute atomic E-state index is 11.9. The minimum Gasteiger partial charge on any atom is -0.394 e. The van der Waals surface area contributed by atoms with Gasteiger partial charge in [-0.2, -0.15) is 5.48 Å². The van der Waals surface area contributed by atoms with Crippen LogP contribution >= 0.6 is 0 Å². The molecule has 5 unspecified atom stereocenters. The molecule has 6 N–H and O–H groups in total. The van der Waals surface area contributed by atoms with Crippen molar-refractivity contribution in [3.8, 4) is 0 Å². The van der Waals surface area contributed by atoms with Gasteiger partial charge in [0.2, 0.25) is 5.91 Å². The normalized spacial score (nSPS) is 24.8. The van der Waals surface area contributed by atoms with Crippen LogP contribution in [0.1, 0.15) is 96.8 Å². The second-order valence-corrected chi connectivity index (χ2v) is 9.41. The summed E-state index contributed by atoms with van der Waals surface area (Å²) in [6, 6.07) is -1.07. The number of aliphatic hydroxyl groups excluding tert-OH is 4. The summed E-state index contributed by atoms with van der Waals surface area (Å²) in [6.45, 7) is 2.12.